The van der Waals surface area contributed by atoms with Crippen LogP contribution in [0.3, 0.4) is 0 Å². The van der Waals surface area contributed by atoms with Crippen LogP contribution in [0.1, 0.15) is 5.56 Å². The van der Waals surface area contributed by atoms with Gasteiger partial charge in [-0.25, -0.2) is 4.98 Å². The number of nitrogens with zero attached hydrogens (tertiary/aromatic N) is 2. The van der Waals surface area contributed by atoms with Crippen LogP contribution in [0.5, 0.6) is 0 Å². The second-order valence-corrected chi connectivity index (χ2v) is 5.66. The molecule has 4 rings (SSSR count). The van der Waals surface area contributed by atoms with Crippen molar-refractivity contribution in [3.05, 3.63) is 84.6 Å². The lowest BCUT2D eigenvalue weighted by Crippen LogP contribution is -1.91. The Kier molecular flexibility index (Phi) is 3.35. The van der Waals surface area contributed by atoms with Gasteiger partial charge in [-0.05, 0) is 30.7 Å². The van der Waals surface area contributed by atoms with Crippen molar-refractivity contribution < 1.29 is 0 Å². The van der Waals surface area contributed by atoms with Gasteiger partial charge in [0.25, 0.3) is 0 Å². The fourth-order valence-corrected chi connectivity index (χ4v) is 2.77. The van der Waals surface area contributed by atoms with E-state index in [-0.39, 0.29) is 0 Å². The van der Waals surface area contributed by atoms with E-state index in [1.54, 1.807) is 0 Å². The Hall–Kier alpha value is -3.00. The number of hydrogen-bond donors (Lipinski definition) is 0. The second kappa shape index (κ2) is 5.65. The highest BCUT2D eigenvalue weighted by atomic mass is 14.8. The van der Waals surface area contributed by atoms with Crippen molar-refractivity contribution in [1.82, 2.24) is 9.97 Å². The van der Waals surface area contributed by atoms with Gasteiger partial charge in [0.05, 0.1) is 16.7 Å². The zero-order valence-electron chi connectivity index (χ0n) is 12.9. The summed E-state index contributed by atoms with van der Waals surface area (Å²) in [5.41, 5.74) is 7.49. The van der Waals surface area contributed by atoms with Crippen LogP contribution in [0.15, 0.2) is 79.0 Å². The van der Waals surface area contributed by atoms with Gasteiger partial charge in [0.2, 0.25) is 0 Å². The summed E-state index contributed by atoms with van der Waals surface area (Å²) in [6, 6.07) is 24.9. The van der Waals surface area contributed by atoms with Gasteiger partial charge in [-0.2, -0.15) is 0 Å². The molecule has 2 heteroatoms. The molecular weight excluding hydrogens is 280 g/mol. The summed E-state index contributed by atoms with van der Waals surface area (Å²) in [7, 11) is 0. The van der Waals surface area contributed by atoms with E-state index in [0.717, 1.165) is 33.4 Å². The van der Waals surface area contributed by atoms with Gasteiger partial charge in [0, 0.05) is 17.3 Å². The molecule has 0 atom stereocenters. The van der Waals surface area contributed by atoms with E-state index in [2.05, 4.69) is 66.5 Å². The molecule has 2 nitrogen and oxygen atoms in total. The van der Waals surface area contributed by atoms with E-state index in [1.165, 1.54) is 5.56 Å². The third-order valence-corrected chi connectivity index (χ3v) is 4.00. The number of aromatic nitrogens is 2. The van der Waals surface area contributed by atoms with Crippen molar-refractivity contribution in [2.45, 2.75) is 6.92 Å². The standard InChI is InChI=1S/C21H16N2/c1-15-9-11-17(12-10-15)20-14-18(16-6-3-2-4-7-16)21-19(23-20)8-5-13-22-21/h2-14H,1H3. The third kappa shape index (κ3) is 2.59. The summed E-state index contributed by atoms with van der Waals surface area (Å²) < 4.78 is 0. The van der Waals surface area contributed by atoms with Crippen molar-refractivity contribution in [2.75, 3.05) is 0 Å². The van der Waals surface area contributed by atoms with Crippen molar-refractivity contribution in [2.24, 2.45) is 0 Å². The molecule has 0 aliphatic rings. The molecule has 0 N–H and O–H groups in total. The number of pyridine rings is 2. The maximum absolute atomic E-state index is 4.80. The van der Waals surface area contributed by atoms with E-state index >= 15 is 0 Å². The van der Waals surface area contributed by atoms with Crippen LogP contribution >= 0.6 is 0 Å². The average Bonchev–Trinajstić information content (AvgIpc) is 2.62. The molecule has 0 saturated carbocycles. The molecule has 0 fully saturated rings. The molecular formula is C21H16N2. The first-order valence-electron chi connectivity index (χ1n) is 7.69. The summed E-state index contributed by atoms with van der Waals surface area (Å²) in [4.78, 5) is 9.34. The van der Waals surface area contributed by atoms with Crippen LogP contribution in [0.2, 0.25) is 0 Å². The molecule has 0 saturated heterocycles. The van der Waals surface area contributed by atoms with Gasteiger partial charge in [0.1, 0.15) is 0 Å². The van der Waals surface area contributed by atoms with Gasteiger partial charge in [-0.1, -0.05) is 60.2 Å². The predicted molar refractivity (Wildman–Crippen MR) is 95.1 cm³/mol. The van der Waals surface area contributed by atoms with Crippen molar-refractivity contribution >= 4 is 11.0 Å². The second-order valence-electron chi connectivity index (χ2n) is 5.66. The Balaban J connectivity index is 1.99. The van der Waals surface area contributed by atoms with Gasteiger partial charge in [0.15, 0.2) is 0 Å². The molecule has 110 valence electrons. The van der Waals surface area contributed by atoms with Crippen LogP contribution in [0, 0.1) is 6.92 Å². The first-order valence-corrected chi connectivity index (χ1v) is 7.69. The van der Waals surface area contributed by atoms with Gasteiger partial charge >= 0.3 is 0 Å². The number of hydrogen-bond acceptors (Lipinski definition) is 2. The Morgan fingerprint density at radius 2 is 1.52 bits per heavy atom. The molecule has 0 aliphatic heterocycles. The van der Waals surface area contributed by atoms with Crippen LogP contribution in [-0.2, 0) is 0 Å². The summed E-state index contributed by atoms with van der Waals surface area (Å²) in [5.74, 6) is 0. The summed E-state index contributed by atoms with van der Waals surface area (Å²) in [5, 5.41) is 0. The zero-order chi connectivity index (χ0) is 15.6. The lowest BCUT2D eigenvalue weighted by Gasteiger charge is -2.09. The first kappa shape index (κ1) is 13.6. The van der Waals surface area contributed by atoms with Gasteiger partial charge < -0.3 is 0 Å². The maximum Gasteiger partial charge on any atom is 0.0965 e. The van der Waals surface area contributed by atoms with Crippen LogP contribution in [0.4, 0.5) is 0 Å². The molecule has 0 unspecified atom stereocenters. The Bertz CT molecular complexity index is 958. The topological polar surface area (TPSA) is 25.8 Å². The average molecular weight is 296 g/mol. The monoisotopic (exact) mass is 296 g/mol. The van der Waals surface area contributed by atoms with Crippen LogP contribution in [0.25, 0.3) is 33.4 Å². The zero-order valence-corrected chi connectivity index (χ0v) is 12.9. The highest BCUT2D eigenvalue weighted by Gasteiger charge is 2.10. The van der Waals surface area contributed by atoms with Crippen LogP contribution < -0.4 is 0 Å². The smallest absolute Gasteiger partial charge is 0.0965 e. The Morgan fingerprint density at radius 3 is 2.30 bits per heavy atom. The summed E-state index contributed by atoms with van der Waals surface area (Å²) in [6.07, 6.45) is 1.82. The lowest BCUT2D eigenvalue weighted by molar-refractivity contribution is 1.33. The molecule has 2 aromatic carbocycles. The number of fused-ring (bicyclic) bond motifs is 1. The van der Waals surface area contributed by atoms with E-state index in [4.69, 9.17) is 4.98 Å². The molecule has 2 heterocycles. The molecule has 0 bridgehead atoms. The Morgan fingerprint density at radius 1 is 0.739 bits per heavy atom. The molecule has 0 radical (unpaired) electrons. The van der Waals surface area contributed by atoms with Gasteiger partial charge in [-0.3, -0.25) is 4.98 Å². The molecule has 2 aromatic heterocycles. The summed E-state index contributed by atoms with van der Waals surface area (Å²) >= 11 is 0. The van der Waals surface area contributed by atoms with E-state index in [0.29, 0.717) is 0 Å². The molecule has 0 spiro atoms. The van der Waals surface area contributed by atoms with E-state index < -0.39 is 0 Å². The van der Waals surface area contributed by atoms with E-state index in [9.17, 15) is 0 Å². The summed E-state index contributed by atoms with van der Waals surface area (Å²) in [6.45, 7) is 2.09. The highest BCUT2D eigenvalue weighted by Crippen LogP contribution is 2.30. The van der Waals surface area contributed by atoms with Crippen molar-refractivity contribution in [3.63, 3.8) is 0 Å². The number of aryl methyl sites for hydroxylation is 1. The maximum atomic E-state index is 4.80. The predicted octanol–water partition coefficient (Wildman–Crippen LogP) is 5.27. The van der Waals surface area contributed by atoms with Crippen molar-refractivity contribution in [1.29, 1.82) is 0 Å². The van der Waals surface area contributed by atoms with E-state index in [1.807, 2.05) is 24.4 Å². The highest BCUT2D eigenvalue weighted by molar-refractivity contribution is 5.93. The number of rotatable bonds is 2. The molecule has 0 aliphatic carbocycles. The van der Waals surface area contributed by atoms with Crippen LogP contribution in [-0.4, -0.2) is 9.97 Å². The molecule has 4 aromatic rings. The number of benzene rings is 2. The lowest BCUT2D eigenvalue weighted by atomic mass is 10.0. The SMILES string of the molecule is Cc1ccc(-c2cc(-c3ccccc3)c3ncccc3n2)cc1. The minimum Gasteiger partial charge on any atom is -0.254 e. The fraction of sp³-hybridized carbons (Fsp3) is 0.0476. The minimum absolute atomic E-state index is 0.921. The quantitative estimate of drug-likeness (QED) is 0.503. The van der Waals surface area contributed by atoms with Gasteiger partial charge in [-0.15, -0.1) is 0 Å². The molecule has 23 heavy (non-hydrogen) atoms. The third-order valence-electron chi connectivity index (χ3n) is 4.00. The normalized spacial score (nSPS) is 10.8. The molecule has 0 amide bonds. The largest absolute Gasteiger partial charge is 0.254 e. The first-order chi connectivity index (χ1) is 11.3. The van der Waals surface area contributed by atoms with Crippen molar-refractivity contribution in [3.8, 4) is 22.4 Å². The minimum atomic E-state index is 0.921. The Labute approximate surface area is 135 Å². The fourth-order valence-electron chi connectivity index (χ4n) is 2.77.